The molecular formula is C21H34O3. The van der Waals surface area contributed by atoms with Crippen molar-refractivity contribution in [1.29, 1.82) is 0 Å². The van der Waals surface area contributed by atoms with Gasteiger partial charge in [0, 0.05) is 18.8 Å². The first kappa shape index (κ1) is 17.0. The average molecular weight is 335 g/mol. The van der Waals surface area contributed by atoms with Crippen LogP contribution in [-0.2, 0) is 4.79 Å². The van der Waals surface area contributed by atoms with E-state index in [-0.39, 0.29) is 11.3 Å². The number of ketones is 1. The van der Waals surface area contributed by atoms with Gasteiger partial charge >= 0.3 is 0 Å². The van der Waals surface area contributed by atoms with E-state index in [0.717, 1.165) is 50.4 Å². The molecule has 0 spiro atoms. The number of carbonyl (C=O) groups excluding carboxylic acids is 1. The number of fused-ring (bicyclic) bond motifs is 5. The predicted octanol–water partition coefficient (Wildman–Crippen LogP) is 3.92. The molecule has 0 aliphatic heterocycles. The summed E-state index contributed by atoms with van der Waals surface area (Å²) in [7, 11) is 0. The van der Waals surface area contributed by atoms with Gasteiger partial charge in [0.1, 0.15) is 5.78 Å². The highest BCUT2D eigenvalue weighted by molar-refractivity contribution is 5.79. The SMILES string of the molecule is CC(O)(O)[C@H]1CCC2C3CC[C@H]4CC(=O)CC[C@]4(C)C3CC[C@@]21C. The molecule has 0 aromatic heterocycles. The minimum atomic E-state index is -1.55. The number of aliphatic hydroxyl groups is 2. The number of carbonyl (C=O) groups is 1. The van der Waals surface area contributed by atoms with Crippen LogP contribution in [-0.4, -0.2) is 21.8 Å². The minimum absolute atomic E-state index is 0.00872. The second-order valence-corrected chi connectivity index (χ2v) is 10.2. The Bertz CT molecular complexity index is 536. The molecule has 0 aromatic carbocycles. The normalized spacial score (nSPS) is 51.7. The molecule has 0 radical (unpaired) electrons. The van der Waals surface area contributed by atoms with Gasteiger partial charge in [-0.3, -0.25) is 4.79 Å². The molecule has 4 aliphatic rings. The Morgan fingerprint density at radius 2 is 1.67 bits per heavy atom. The van der Waals surface area contributed by atoms with Gasteiger partial charge in [-0.25, -0.2) is 0 Å². The molecule has 0 aromatic rings. The smallest absolute Gasteiger partial charge is 0.163 e. The standard InChI is InChI=1S/C21H34O3/c1-19-10-8-14(22)12-13(19)4-5-15-16-6-7-18(21(3,23)24)20(16,2)11-9-17(15)19/h13,15-18,23-24H,4-12H2,1-3H3/t13-,15?,16?,17?,18-,19-,20-/m0/s1. The zero-order valence-electron chi connectivity index (χ0n) is 15.6. The molecule has 4 saturated carbocycles. The Morgan fingerprint density at radius 1 is 0.958 bits per heavy atom. The van der Waals surface area contributed by atoms with E-state index < -0.39 is 5.79 Å². The van der Waals surface area contributed by atoms with E-state index in [0.29, 0.717) is 23.0 Å². The molecule has 0 heterocycles. The van der Waals surface area contributed by atoms with E-state index in [1.54, 1.807) is 6.92 Å². The molecule has 0 amide bonds. The number of Topliss-reactive ketones (excluding diaryl/α,β-unsaturated/α-hetero) is 1. The fourth-order valence-corrected chi connectivity index (χ4v) is 7.94. The van der Waals surface area contributed by atoms with E-state index >= 15 is 0 Å². The minimum Gasteiger partial charge on any atom is -0.366 e. The van der Waals surface area contributed by atoms with Crippen LogP contribution in [0.3, 0.4) is 0 Å². The maximum atomic E-state index is 12.0. The van der Waals surface area contributed by atoms with Crippen molar-refractivity contribution < 1.29 is 15.0 Å². The van der Waals surface area contributed by atoms with Crippen LogP contribution in [0, 0.1) is 40.4 Å². The molecule has 7 atom stereocenters. The van der Waals surface area contributed by atoms with Crippen LogP contribution in [0.25, 0.3) is 0 Å². The highest BCUT2D eigenvalue weighted by Crippen LogP contribution is 2.68. The van der Waals surface area contributed by atoms with Crippen molar-refractivity contribution in [2.24, 2.45) is 40.4 Å². The van der Waals surface area contributed by atoms with Gasteiger partial charge in [-0.15, -0.1) is 0 Å². The molecule has 2 N–H and O–H groups in total. The van der Waals surface area contributed by atoms with Crippen LogP contribution in [0.1, 0.15) is 78.6 Å². The van der Waals surface area contributed by atoms with Gasteiger partial charge < -0.3 is 10.2 Å². The Morgan fingerprint density at radius 3 is 2.38 bits per heavy atom. The summed E-state index contributed by atoms with van der Waals surface area (Å²) in [5, 5.41) is 20.6. The first-order valence-corrected chi connectivity index (χ1v) is 10.1. The molecule has 4 aliphatic carbocycles. The van der Waals surface area contributed by atoms with Crippen molar-refractivity contribution in [1.82, 2.24) is 0 Å². The molecule has 0 bridgehead atoms. The van der Waals surface area contributed by atoms with Crippen LogP contribution in [0.15, 0.2) is 0 Å². The molecule has 3 heteroatoms. The second-order valence-electron chi connectivity index (χ2n) is 10.2. The van der Waals surface area contributed by atoms with E-state index in [1.165, 1.54) is 19.3 Å². The second kappa shape index (κ2) is 5.30. The Balaban J connectivity index is 1.62. The van der Waals surface area contributed by atoms with E-state index in [9.17, 15) is 15.0 Å². The van der Waals surface area contributed by atoms with Gasteiger partial charge in [-0.2, -0.15) is 0 Å². The van der Waals surface area contributed by atoms with Gasteiger partial charge in [0.15, 0.2) is 5.79 Å². The third-order valence-corrected chi connectivity index (χ3v) is 9.14. The molecule has 4 rings (SSSR count). The van der Waals surface area contributed by atoms with Crippen molar-refractivity contribution in [2.45, 2.75) is 84.3 Å². The average Bonchev–Trinajstić information content (AvgIpc) is 2.85. The van der Waals surface area contributed by atoms with Gasteiger partial charge in [-0.05, 0) is 86.4 Å². The van der Waals surface area contributed by atoms with E-state index in [2.05, 4.69) is 13.8 Å². The summed E-state index contributed by atoms with van der Waals surface area (Å²) in [4.78, 5) is 12.0. The third kappa shape index (κ3) is 2.26. The summed E-state index contributed by atoms with van der Waals surface area (Å²) in [6, 6.07) is 0. The van der Waals surface area contributed by atoms with Crippen molar-refractivity contribution in [3.05, 3.63) is 0 Å². The van der Waals surface area contributed by atoms with Crippen molar-refractivity contribution in [2.75, 3.05) is 0 Å². The first-order chi connectivity index (χ1) is 11.2. The quantitative estimate of drug-likeness (QED) is 0.715. The Labute approximate surface area is 146 Å². The zero-order chi connectivity index (χ0) is 17.3. The van der Waals surface area contributed by atoms with Gasteiger partial charge in [0.2, 0.25) is 0 Å². The summed E-state index contributed by atoms with van der Waals surface area (Å²) in [6.45, 7) is 6.38. The fraction of sp³-hybridized carbons (Fsp3) is 0.952. The molecule has 24 heavy (non-hydrogen) atoms. The predicted molar refractivity (Wildman–Crippen MR) is 93.1 cm³/mol. The van der Waals surface area contributed by atoms with E-state index in [1.807, 2.05) is 0 Å². The zero-order valence-corrected chi connectivity index (χ0v) is 15.6. The Kier molecular flexibility index (Phi) is 3.76. The lowest BCUT2D eigenvalue weighted by molar-refractivity contribution is -0.221. The molecular weight excluding hydrogens is 300 g/mol. The van der Waals surface area contributed by atoms with Gasteiger partial charge in [0.05, 0.1) is 0 Å². The maximum Gasteiger partial charge on any atom is 0.163 e. The molecule has 0 saturated heterocycles. The lowest BCUT2D eigenvalue weighted by Crippen LogP contribution is -2.55. The molecule has 136 valence electrons. The largest absolute Gasteiger partial charge is 0.366 e. The van der Waals surface area contributed by atoms with E-state index in [4.69, 9.17) is 0 Å². The number of rotatable bonds is 1. The van der Waals surface area contributed by atoms with Crippen molar-refractivity contribution in [3.8, 4) is 0 Å². The number of hydrogen-bond donors (Lipinski definition) is 2. The maximum absolute atomic E-state index is 12.0. The third-order valence-electron chi connectivity index (χ3n) is 9.14. The lowest BCUT2D eigenvalue weighted by Gasteiger charge is -2.60. The van der Waals surface area contributed by atoms with Crippen molar-refractivity contribution in [3.63, 3.8) is 0 Å². The summed E-state index contributed by atoms with van der Waals surface area (Å²) in [6.07, 6.45) is 9.58. The monoisotopic (exact) mass is 334 g/mol. The van der Waals surface area contributed by atoms with Gasteiger partial charge in [-0.1, -0.05) is 13.8 Å². The summed E-state index contributed by atoms with van der Waals surface area (Å²) in [5.74, 6) is 1.64. The van der Waals surface area contributed by atoms with Crippen LogP contribution < -0.4 is 0 Å². The summed E-state index contributed by atoms with van der Waals surface area (Å²) in [5.41, 5.74) is 0.422. The number of hydrogen-bond acceptors (Lipinski definition) is 3. The summed E-state index contributed by atoms with van der Waals surface area (Å²) < 4.78 is 0. The van der Waals surface area contributed by atoms with Crippen LogP contribution in [0.5, 0.6) is 0 Å². The summed E-state index contributed by atoms with van der Waals surface area (Å²) >= 11 is 0. The molecule has 4 fully saturated rings. The topological polar surface area (TPSA) is 57.5 Å². The Hall–Kier alpha value is -0.410. The van der Waals surface area contributed by atoms with Crippen LogP contribution in [0.2, 0.25) is 0 Å². The van der Waals surface area contributed by atoms with Gasteiger partial charge in [0.25, 0.3) is 0 Å². The molecule has 3 unspecified atom stereocenters. The van der Waals surface area contributed by atoms with Crippen molar-refractivity contribution >= 4 is 5.78 Å². The lowest BCUT2D eigenvalue weighted by atomic mass is 9.44. The highest BCUT2D eigenvalue weighted by Gasteiger charge is 2.62. The van der Waals surface area contributed by atoms with Crippen LogP contribution in [0.4, 0.5) is 0 Å². The fourth-order valence-electron chi connectivity index (χ4n) is 7.94. The molecule has 3 nitrogen and oxygen atoms in total. The highest BCUT2D eigenvalue weighted by atomic mass is 16.5. The first-order valence-electron chi connectivity index (χ1n) is 10.1. The van der Waals surface area contributed by atoms with Crippen LogP contribution >= 0.6 is 0 Å².